The minimum atomic E-state index is -0.965. The number of H-pyrrole nitrogens is 1. The van der Waals surface area contributed by atoms with Gasteiger partial charge in [-0.2, -0.15) is 4.98 Å². The lowest BCUT2D eigenvalue weighted by Gasteiger charge is -2.24. The van der Waals surface area contributed by atoms with Gasteiger partial charge in [-0.1, -0.05) is 0 Å². The number of aromatic amines is 1. The molecule has 1 unspecified atom stereocenters. The molecule has 0 aliphatic carbocycles. The van der Waals surface area contributed by atoms with Crippen molar-refractivity contribution in [2.45, 2.75) is 32.4 Å². The van der Waals surface area contributed by atoms with Crippen LogP contribution < -0.4 is 32.6 Å². The average Bonchev–Trinajstić information content (AvgIpc) is 3.27. The summed E-state index contributed by atoms with van der Waals surface area (Å²) in [5, 5.41) is 30.1. The van der Waals surface area contributed by atoms with Gasteiger partial charge in [0.25, 0.3) is 11.5 Å². The van der Waals surface area contributed by atoms with Crippen LogP contribution in [0.25, 0.3) is 11.2 Å². The van der Waals surface area contributed by atoms with Crippen LogP contribution >= 0.6 is 0 Å². The van der Waals surface area contributed by atoms with Crippen LogP contribution in [0.2, 0.25) is 0 Å². The number of nitrogens with two attached hydrogens (primary N) is 1. The van der Waals surface area contributed by atoms with Gasteiger partial charge in [0, 0.05) is 76.1 Å². The molecule has 22 heteroatoms. The number of nitrogen functional groups attached to an aromatic ring is 1. The number of amides is 3. The average molecular weight is 827 g/mol. The van der Waals surface area contributed by atoms with E-state index in [1.807, 2.05) is 11.8 Å². The number of ether oxygens (including phenoxy) is 2. The van der Waals surface area contributed by atoms with Gasteiger partial charge in [-0.05, 0) is 37.6 Å². The van der Waals surface area contributed by atoms with Crippen molar-refractivity contribution in [1.29, 1.82) is 0 Å². The van der Waals surface area contributed by atoms with Gasteiger partial charge in [0.2, 0.25) is 17.8 Å². The largest absolute Gasteiger partial charge is 0.480 e. The molecule has 322 valence electrons. The van der Waals surface area contributed by atoms with Gasteiger partial charge in [0.1, 0.15) is 0 Å². The maximum atomic E-state index is 12.8. The zero-order valence-electron chi connectivity index (χ0n) is 33.1. The van der Waals surface area contributed by atoms with E-state index < -0.39 is 17.5 Å². The zero-order chi connectivity index (χ0) is 42.6. The summed E-state index contributed by atoms with van der Waals surface area (Å²) >= 11 is 0. The second-order valence-corrected chi connectivity index (χ2v) is 13.9. The number of benzene rings is 1. The molecule has 59 heavy (non-hydrogen) atoms. The Balaban J connectivity index is 1.00. The lowest BCUT2D eigenvalue weighted by molar-refractivity contribution is -0.140. The molecule has 0 radical (unpaired) electrons. The third-order valence-electron chi connectivity index (χ3n) is 9.08. The number of carbonyl (C=O) groups is 5. The molecule has 4 rings (SSSR count). The van der Waals surface area contributed by atoms with Crippen molar-refractivity contribution >= 4 is 52.5 Å². The van der Waals surface area contributed by atoms with Crippen LogP contribution in [0.15, 0.2) is 35.3 Å². The molecular weight excluding hydrogens is 772 g/mol. The summed E-state index contributed by atoms with van der Waals surface area (Å²) in [5.41, 5.74) is 7.01. The lowest BCUT2D eigenvalue weighted by atomic mass is 10.1. The van der Waals surface area contributed by atoms with Gasteiger partial charge in [0.05, 0.1) is 64.5 Å². The van der Waals surface area contributed by atoms with Crippen molar-refractivity contribution in [3.63, 3.8) is 0 Å². The molecule has 0 bridgehead atoms. The van der Waals surface area contributed by atoms with Crippen LogP contribution in [-0.2, 0) is 35.2 Å². The fourth-order valence-electron chi connectivity index (χ4n) is 5.95. The van der Waals surface area contributed by atoms with Crippen LogP contribution in [0.4, 0.5) is 11.6 Å². The van der Waals surface area contributed by atoms with Crippen LogP contribution in [0.5, 0.6) is 0 Å². The predicted octanol–water partition coefficient (Wildman–Crippen LogP) is -1.84. The number of carboxylic acid groups (broad SMARTS) is 2. The van der Waals surface area contributed by atoms with Crippen molar-refractivity contribution in [3.05, 3.63) is 52.1 Å². The topological polar surface area (TPSA) is 300 Å². The fourth-order valence-corrected chi connectivity index (χ4v) is 5.95. The van der Waals surface area contributed by atoms with E-state index in [0.29, 0.717) is 76.7 Å². The van der Waals surface area contributed by atoms with E-state index in [9.17, 15) is 39.0 Å². The number of aliphatic carboxylic acids is 2. The molecule has 1 atom stereocenters. The number of nitrogens with one attached hydrogen (secondary N) is 5. The standard InChI is InChI=1S/C37H54N12O10/c1-25(43-35(56)26-3-5-27(6-4-26)41-20-28-21-42-34-33(44-28)36(57)46-37(38)45-34)2-7-29(50)39-8-16-58-18-19-59-17-9-40-30(51)22-47-10-12-48(23-31(52)53)14-15-49(13-11-47)24-32(54)55/h3-6,21,25,41H,2,7-20,22-24H2,1H3,(H,39,50)(H,40,51)(H,43,56)(H,52,53)(H,54,55)(H3,38,42,45,46,57). The van der Waals surface area contributed by atoms with E-state index in [0.717, 1.165) is 5.69 Å². The predicted molar refractivity (Wildman–Crippen MR) is 215 cm³/mol. The molecule has 2 aromatic heterocycles. The molecule has 1 aliphatic heterocycles. The maximum Gasteiger partial charge on any atom is 0.317 e. The Hall–Kier alpha value is -5.81. The second kappa shape index (κ2) is 24.2. The van der Waals surface area contributed by atoms with E-state index in [1.54, 1.807) is 34.1 Å². The summed E-state index contributed by atoms with van der Waals surface area (Å²) in [6.07, 6.45) is 2.16. The van der Waals surface area contributed by atoms with Crippen molar-refractivity contribution in [3.8, 4) is 0 Å². The Morgan fingerprint density at radius 1 is 0.814 bits per heavy atom. The number of anilines is 2. The number of rotatable bonds is 23. The van der Waals surface area contributed by atoms with Crippen LogP contribution in [-0.4, -0.2) is 179 Å². The quantitative estimate of drug-likeness (QED) is 0.0487. The minimum Gasteiger partial charge on any atom is -0.480 e. The monoisotopic (exact) mass is 826 g/mol. The molecule has 1 fully saturated rings. The Kier molecular flexibility index (Phi) is 18.8. The highest BCUT2D eigenvalue weighted by Crippen LogP contribution is 2.12. The van der Waals surface area contributed by atoms with E-state index in [2.05, 4.69) is 41.2 Å². The minimum absolute atomic E-state index is 0.0361. The summed E-state index contributed by atoms with van der Waals surface area (Å²) in [4.78, 5) is 92.3. The normalized spacial score (nSPS) is 14.7. The maximum absolute atomic E-state index is 12.8. The third-order valence-corrected chi connectivity index (χ3v) is 9.08. The van der Waals surface area contributed by atoms with Gasteiger partial charge in [-0.15, -0.1) is 0 Å². The lowest BCUT2D eigenvalue weighted by Crippen LogP contribution is -2.43. The molecule has 0 saturated carbocycles. The highest BCUT2D eigenvalue weighted by Gasteiger charge is 2.21. The van der Waals surface area contributed by atoms with Gasteiger partial charge < -0.3 is 46.7 Å². The number of carboxylic acids is 2. The van der Waals surface area contributed by atoms with Gasteiger partial charge in [-0.3, -0.25) is 48.5 Å². The highest BCUT2D eigenvalue weighted by molar-refractivity contribution is 5.94. The third kappa shape index (κ3) is 17.3. The molecule has 1 aliphatic rings. The van der Waals surface area contributed by atoms with Gasteiger partial charge in [0.15, 0.2) is 11.2 Å². The highest BCUT2D eigenvalue weighted by atomic mass is 16.5. The Morgan fingerprint density at radius 2 is 1.37 bits per heavy atom. The number of hydrogen-bond acceptors (Lipinski definition) is 16. The zero-order valence-corrected chi connectivity index (χ0v) is 33.1. The first-order valence-electron chi connectivity index (χ1n) is 19.3. The molecule has 3 aromatic rings. The summed E-state index contributed by atoms with van der Waals surface area (Å²) in [6, 6.07) is 6.59. The van der Waals surface area contributed by atoms with Crippen molar-refractivity contribution in [1.82, 2.24) is 50.6 Å². The van der Waals surface area contributed by atoms with Crippen LogP contribution in [0.1, 0.15) is 35.8 Å². The van der Waals surface area contributed by atoms with E-state index in [1.165, 1.54) is 6.20 Å². The smallest absolute Gasteiger partial charge is 0.317 e. The van der Waals surface area contributed by atoms with E-state index in [4.69, 9.17) is 15.2 Å². The number of fused-ring (bicyclic) bond motifs is 1. The van der Waals surface area contributed by atoms with E-state index in [-0.39, 0.29) is 93.2 Å². The van der Waals surface area contributed by atoms with Crippen molar-refractivity contribution in [2.24, 2.45) is 0 Å². The summed E-state index contributed by atoms with van der Waals surface area (Å²) in [6.45, 7) is 6.30. The second-order valence-electron chi connectivity index (χ2n) is 13.9. The Labute approximate surface area is 340 Å². The first kappa shape index (κ1) is 45.9. The number of aromatic nitrogens is 4. The first-order valence-corrected chi connectivity index (χ1v) is 19.3. The van der Waals surface area contributed by atoms with Crippen molar-refractivity contribution < 1.29 is 43.7 Å². The first-order chi connectivity index (χ1) is 28.3. The van der Waals surface area contributed by atoms with Crippen molar-refractivity contribution in [2.75, 3.05) is 109 Å². The molecule has 3 heterocycles. The Morgan fingerprint density at radius 3 is 1.95 bits per heavy atom. The Bertz CT molecular complexity index is 1890. The van der Waals surface area contributed by atoms with Gasteiger partial charge >= 0.3 is 11.9 Å². The molecule has 9 N–H and O–H groups in total. The van der Waals surface area contributed by atoms with Crippen LogP contribution in [0, 0.1) is 0 Å². The number of nitrogens with zero attached hydrogens (tertiary/aromatic N) is 6. The molecule has 1 aromatic carbocycles. The SMILES string of the molecule is CC(CCC(=O)NCCOCCOCCNC(=O)CN1CCN(CC(=O)O)CCN(CC(=O)O)CC1)NC(=O)c1ccc(NCc2cnc3nc(N)[nH]c(=O)c3n2)cc1. The summed E-state index contributed by atoms with van der Waals surface area (Å²) in [7, 11) is 0. The molecule has 3 amide bonds. The molecule has 22 nitrogen and oxygen atoms in total. The van der Waals surface area contributed by atoms with Gasteiger partial charge in [-0.25, -0.2) is 9.97 Å². The molecule has 1 saturated heterocycles. The summed E-state index contributed by atoms with van der Waals surface area (Å²) < 4.78 is 11.0. The number of hydrogen-bond donors (Lipinski definition) is 8. The molecular formula is C37H54N12O10. The molecule has 0 spiro atoms. The number of carbonyl (C=O) groups excluding carboxylic acids is 3. The van der Waals surface area contributed by atoms with E-state index >= 15 is 0 Å². The van der Waals surface area contributed by atoms with Crippen LogP contribution in [0.3, 0.4) is 0 Å². The fraction of sp³-hybridized carbons (Fsp3) is 0.541. The summed E-state index contributed by atoms with van der Waals surface area (Å²) in [5.74, 6) is -2.62.